The molecule has 0 bridgehead atoms. The van der Waals surface area contributed by atoms with Crippen LogP contribution in [0.5, 0.6) is 0 Å². The minimum absolute atomic E-state index is 0.158. The molecule has 0 amide bonds. The van der Waals surface area contributed by atoms with E-state index in [9.17, 15) is 0 Å². The van der Waals surface area contributed by atoms with Crippen LogP contribution < -0.4 is 0 Å². The van der Waals surface area contributed by atoms with Gasteiger partial charge in [0.25, 0.3) is 0 Å². The van der Waals surface area contributed by atoms with E-state index in [4.69, 9.17) is 0 Å². The Morgan fingerprint density at radius 2 is 1.41 bits per heavy atom. The standard InChI is InChI=1S/C22H28/c1-5-17-18(6-2)20(8-4)22(19(17)7-3)15-11-13-16-12-9-10-14-21(16)22/h9-14H,5-8,15H2,1-4H3. The van der Waals surface area contributed by atoms with Gasteiger partial charge in [-0.3, -0.25) is 0 Å². The predicted octanol–water partition coefficient (Wildman–Crippen LogP) is 6.59. The van der Waals surface area contributed by atoms with Gasteiger partial charge in [-0.05, 0) is 54.4 Å². The summed E-state index contributed by atoms with van der Waals surface area (Å²) in [7, 11) is 0. The minimum Gasteiger partial charge on any atom is -0.0824 e. The Morgan fingerprint density at radius 3 is 1.95 bits per heavy atom. The molecule has 1 spiro atoms. The summed E-state index contributed by atoms with van der Waals surface area (Å²) in [4.78, 5) is 0. The second kappa shape index (κ2) is 5.91. The number of allylic oxidation sites excluding steroid dienone is 5. The lowest BCUT2D eigenvalue weighted by atomic mass is 9.64. The SMILES string of the molecule is CCC1=C(CC)C2(CC=Cc3ccccc32)C(CC)=C1CC. The summed E-state index contributed by atoms with van der Waals surface area (Å²) >= 11 is 0. The Labute approximate surface area is 135 Å². The third-order valence-corrected chi connectivity index (χ3v) is 5.68. The average molecular weight is 292 g/mol. The number of hydrogen-bond donors (Lipinski definition) is 0. The van der Waals surface area contributed by atoms with E-state index in [1.54, 1.807) is 27.9 Å². The summed E-state index contributed by atoms with van der Waals surface area (Å²) in [5.41, 5.74) is 9.82. The second-order valence-corrected chi connectivity index (χ2v) is 6.43. The van der Waals surface area contributed by atoms with Crippen LogP contribution in [0, 0.1) is 0 Å². The maximum atomic E-state index is 2.40. The van der Waals surface area contributed by atoms with Crippen molar-refractivity contribution in [2.24, 2.45) is 0 Å². The Kier molecular flexibility index (Phi) is 4.12. The summed E-state index contributed by atoms with van der Waals surface area (Å²) in [6.45, 7) is 9.36. The first-order valence-electron chi connectivity index (χ1n) is 8.95. The van der Waals surface area contributed by atoms with Gasteiger partial charge in [-0.25, -0.2) is 0 Å². The summed E-state index contributed by atoms with van der Waals surface area (Å²) in [5.74, 6) is 0. The van der Waals surface area contributed by atoms with E-state index < -0.39 is 0 Å². The van der Waals surface area contributed by atoms with E-state index in [-0.39, 0.29) is 5.41 Å². The van der Waals surface area contributed by atoms with Crippen LogP contribution >= 0.6 is 0 Å². The van der Waals surface area contributed by atoms with Crippen LogP contribution in [-0.2, 0) is 5.41 Å². The molecule has 3 rings (SSSR count). The maximum absolute atomic E-state index is 2.40. The van der Waals surface area contributed by atoms with Crippen LogP contribution in [0.25, 0.3) is 6.08 Å². The molecular weight excluding hydrogens is 264 g/mol. The van der Waals surface area contributed by atoms with Crippen molar-refractivity contribution in [2.45, 2.75) is 65.2 Å². The molecule has 116 valence electrons. The van der Waals surface area contributed by atoms with Gasteiger partial charge in [0.05, 0.1) is 0 Å². The van der Waals surface area contributed by atoms with Crippen molar-refractivity contribution < 1.29 is 0 Å². The van der Waals surface area contributed by atoms with Crippen molar-refractivity contribution in [3.8, 4) is 0 Å². The maximum Gasteiger partial charge on any atom is 0.0422 e. The number of rotatable bonds is 4. The van der Waals surface area contributed by atoms with Gasteiger partial charge in [0.15, 0.2) is 0 Å². The van der Waals surface area contributed by atoms with Crippen LogP contribution in [0.15, 0.2) is 52.6 Å². The lowest BCUT2D eigenvalue weighted by Crippen LogP contribution is -2.31. The minimum atomic E-state index is 0.158. The molecule has 0 nitrogen and oxygen atoms in total. The lowest BCUT2D eigenvalue weighted by molar-refractivity contribution is 0.563. The molecule has 0 aliphatic heterocycles. The summed E-state index contributed by atoms with van der Waals surface area (Å²) < 4.78 is 0. The average Bonchev–Trinajstić information content (AvgIpc) is 2.83. The van der Waals surface area contributed by atoms with E-state index >= 15 is 0 Å². The Bertz CT molecular complexity index is 639. The first-order chi connectivity index (χ1) is 10.7. The highest BCUT2D eigenvalue weighted by molar-refractivity contribution is 5.70. The molecule has 0 fully saturated rings. The molecule has 0 N–H and O–H groups in total. The van der Waals surface area contributed by atoms with Crippen molar-refractivity contribution in [2.75, 3.05) is 0 Å². The van der Waals surface area contributed by atoms with E-state index in [0.29, 0.717) is 0 Å². The summed E-state index contributed by atoms with van der Waals surface area (Å²) in [5, 5.41) is 0. The molecule has 1 aromatic carbocycles. The topological polar surface area (TPSA) is 0 Å². The molecule has 2 aliphatic rings. The molecule has 1 aromatic rings. The fourth-order valence-corrected chi connectivity index (χ4v) is 5.02. The molecule has 0 heterocycles. The predicted molar refractivity (Wildman–Crippen MR) is 97.0 cm³/mol. The van der Waals surface area contributed by atoms with Gasteiger partial charge < -0.3 is 0 Å². The van der Waals surface area contributed by atoms with Crippen LogP contribution in [0.2, 0.25) is 0 Å². The van der Waals surface area contributed by atoms with Gasteiger partial charge in [-0.2, -0.15) is 0 Å². The Hall–Kier alpha value is -1.56. The fraction of sp³-hybridized carbons (Fsp3) is 0.455. The summed E-state index contributed by atoms with van der Waals surface area (Å²) in [6, 6.07) is 9.04. The van der Waals surface area contributed by atoms with E-state index in [1.165, 1.54) is 31.2 Å². The van der Waals surface area contributed by atoms with Gasteiger partial charge in [0, 0.05) is 5.41 Å². The number of benzene rings is 1. The van der Waals surface area contributed by atoms with Crippen LogP contribution in [0.3, 0.4) is 0 Å². The quantitative estimate of drug-likeness (QED) is 0.587. The molecule has 0 radical (unpaired) electrons. The molecule has 0 aromatic heterocycles. The Balaban J connectivity index is 2.35. The molecule has 22 heavy (non-hydrogen) atoms. The molecule has 0 saturated carbocycles. The van der Waals surface area contributed by atoms with Gasteiger partial charge in [-0.15, -0.1) is 0 Å². The van der Waals surface area contributed by atoms with Crippen molar-refractivity contribution >= 4 is 6.08 Å². The van der Waals surface area contributed by atoms with Gasteiger partial charge in [0.1, 0.15) is 0 Å². The zero-order valence-corrected chi connectivity index (χ0v) is 14.5. The zero-order valence-electron chi connectivity index (χ0n) is 14.5. The Morgan fingerprint density at radius 1 is 0.818 bits per heavy atom. The summed E-state index contributed by atoms with van der Waals surface area (Å²) in [6.07, 6.45) is 10.5. The molecule has 0 unspecified atom stereocenters. The normalized spacial score (nSPS) is 19.3. The van der Waals surface area contributed by atoms with Gasteiger partial charge >= 0.3 is 0 Å². The smallest absolute Gasteiger partial charge is 0.0422 e. The van der Waals surface area contributed by atoms with Crippen LogP contribution in [0.1, 0.15) is 70.9 Å². The van der Waals surface area contributed by atoms with Crippen LogP contribution in [-0.4, -0.2) is 0 Å². The number of fused-ring (bicyclic) bond motifs is 2. The highest BCUT2D eigenvalue weighted by Gasteiger charge is 2.46. The largest absolute Gasteiger partial charge is 0.0824 e. The van der Waals surface area contributed by atoms with Crippen molar-refractivity contribution in [3.05, 3.63) is 63.8 Å². The van der Waals surface area contributed by atoms with Gasteiger partial charge in [-0.1, -0.05) is 75.3 Å². The lowest BCUT2D eigenvalue weighted by Gasteiger charge is -2.39. The number of hydrogen-bond acceptors (Lipinski definition) is 0. The fourth-order valence-electron chi connectivity index (χ4n) is 5.02. The van der Waals surface area contributed by atoms with Crippen molar-refractivity contribution in [1.29, 1.82) is 0 Å². The molecule has 0 saturated heterocycles. The third kappa shape index (κ3) is 1.89. The van der Waals surface area contributed by atoms with E-state index in [0.717, 1.165) is 6.42 Å². The monoisotopic (exact) mass is 292 g/mol. The van der Waals surface area contributed by atoms with E-state index in [1.807, 2.05) is 0 Å². The molecule has 2 aliphatic carbocycles. The van der Waals surface area contributed by atoms with Crippen LogP contribution in [0.4, 0.5) is 0 Å². The van der Waals surface area contributed by atoms with Crippen molar-refractivity contribution in [3.63, 3.8) is 0 Å². The second-order valence-electron chi connectivity index (χ2n) is 6.43. The highest BCUT2D eigenvalue weighted by Crippen LogP contribution is 2.57. The first kappa shape index (κ1) is 15.3. The van der Waals surface area contributed by atoms with E-state index in [2.05, 4.69) is 64.1 Å². The molecule has 0 heteroatoms. The highest BCUT2D eigenvalue weighted by atomic mass is 14.5. The third-order valence-electron chi connectivity index (χ3n) is 5.68. The zero-order chi connectivity index (χ0) is 15.7. The first-order valence-corrected chi connectivity index (χ1v) is 8.95. The van der Waals surface area contributed by atoms with Crippen molar-refractivity contribution in [1.82, 2.24) is 0 Å². The van der Waals surface area contributed by atoms with Gasteiger partial charge in [0.2, 0.25) is 0 Å². The molecular formula is C22H28. The molecule has 0 atom stereocenters.